The molecule has 0 saturated carbocycles. The van der Waals surface area contributed by atoms with Crippen molar-refractivity contribution >= 4 is 12.4 Å². The molecule has 2 aromatic rings. The summed E-state index contributed by atoms with van der Waals surface area (Å²) < 4.78 is 16.3. The molecule has 2 aliphatic heterocycles. The van der Waals surface area contributed by atoms with Crippen molar-refractivity contribution in [1.29, 1.82) is 0 Å². The molecule has 1 aromatic heterocycles. The van der Waals surface area contributed by atoms with Gasteiger partial charge >= 0.3 is 0 Å². The van der Waals surface area contributed by atoms with Crippen LogP contribution in [0.4, 0.5) is 0 Å². The Kier molecular flexibility index (Phi) is 4.10. The zero-order valence-corrected chi connectivity index (χ0v) is 12.2. The van der Waals surface area contributed by atoms with Crippen molar-refractivity contribution in [3.8, 4) is 17.1 Å². The van der Waals surface area contributed by atoms with Gasteiger partial charge in [-0.2, -0.15) is 4.98 Å². The zero-order valence-electron chi connectivity index (χ0n) is 11.4. The highest BCUT2D eigenvalue weighted by Gasteiger charge is 2.19. The third-order valence-corrected chi connectivity index (χ3v) is 3.60. The van der Waals surface area contributed by atoms with Gasteiger partial charge in [0.15, 0.2) is 0 Å². The van der Waals surface area contributed by atoms with Crippen LogP contribution in [0.15, 0.2) is 22.7 Å². The quantitative estimate of drug-likeness (QED) is 0.925. The lowest BCUT2D eigenvalue weighted by Crippen LogP contribution is -2.48. The van der Waals surface area contributed by atoms with Crippen LogP contribution in [0.1, 0.15) is 11.5 Å². The summed E-state index contributed by atoms with van der Waals surface area (Å²) in [6.45, 7) is 2.91. The molecule has 0 unspecified atom stereocenters. The lowest BCUT2D eigenvalue weighted by Gasteiger charge is -2.26. The van der Waals surface area contributed by atoms with E-state index in [1.807, 2.05) is 12.1 Å². The standard InChI is InChI=1S/C14H15N3O3.ClH/c1-2-12-9(3-4-18-12)5-10(1)14-16-13(20-17-14)8-19-11-6-15-7-11;/h1-2,5,11,15H,3-4,6-8H2;1H. The summed E-state index contributed by atoms with van der Waals surface area (Å²) in [5, 5.41) is 7.16. The van der Waals surface area contributed by atoms with E-state index in [4.69, 9.17) is 14.0 Å². The Balaban J connectivity index is 0.00000132. The number of rotatable bonds is 4. The average Bonchev–Trinajstić information content (AvgIpc) is 3.04. The number of ether oxygens (including phenoxy) is 2. The predicted octanol–water partition coefficient (Wildman–Crippen LogP) is 1.58. The molecular weight excluding hydrogens is 294 g/mol. The molecule has 3 heterocycles. The van der Waals surface area contributed by atoms with Crippen LogP contribution in [0.5, 0.6) is 5.75 Å². The van der Waals surface area contributed by atoms with Gasteiger partial charge in [-0.25, -0.2) is 0 Å². The van der Waals surface area contributed by atoms with Crippen molar-refractivity contribution in [3.63, 3.8) is 0 Å². The van der Waals surface area contributed by atoms with Crippen LogP contribution < -0.4 is 10.1 Å². The lowest BCUT2D eigenvalue weighted by molar-refractivity contribution is -0.00397. The minimum absolute atomic E-state index is 0. The van der Waals surface area contributed by atoms with E-state index in [1.165, 1.54) is 5.56 Å². The molecule has 0 spiro atoms. The SMILES string of the molecule is Cl.c1cc2c(cc1-c1noc(COC3CNC3)n1)CCO2. The van der Waals surface area contributed by atoms with Gasteiger partial charge in [0.05, 0.1) is 12.7 Å². The fourth-order valence-corrected chi connectivity index (χ4v) is 2.33. The summed E-state index contributed by atoms with van der Waals surface area (Å²) >= 11 is 0. The van der Waals surface area contributed by atoms with Crippen LogP contribution in [0.3, 0.4) is 0 Å². The topological polar surface area (TPSA) is 69.4 Å². The number of hydrogen-bond donors (Lipinski definition) is 1. The number of halogens is 1. The Morgan fingerprint density at radius 2 is 2.24 bits per heavy atom. The van der Waals surface area contributed by atoms with Gasteiger partial charge in [-0.3, -0.25) is 0 Å². The number of nitrogens with zero attached hydrogens (tertiary/aromatic N) is 2. The second-order valence-corrected chi connectivity index (χ2v) is 5.02. The molecule has 21 heavy (non-hydrogen) atoms. The first kappa shape index (κ1) is 14.3. The lowest BCUT2D eigenvalue weighted by atomic mass is 10.1. The van der Waals surface area contributed by atoms with Crippen molar-refractivity contribution in [2.45, 2.75) is 19.1 Å². The van der Waals surface area contributed by atoms with E-state index < -0.39 is 0 Å². The van der Waals surface area contributed by atoms with Crippen LogP contribution >= 0.6 is 12.4 Å². The molecule has 0 atom stereocenters. The van der Waals surface area contributed by atoms with Crippen molar-refractivity contribution in [2.75, 3.05) is 19.7 Å². The maximum absolute atomic E-state index is 5.61. The molecule has 7 heteroatoms. The summed E-state index contributed by atoms with van der Waals surface area (Å²) in [6.07, 6.45) is 1.20. The van der Waals surface area contributed by atoms with Crippen LogP contribution in [-0.4, -0.2) is 35.9 Å². The molecule has 6 nitrogen and oxygen atoms in total. The van der Waals surface area contributed by atoms with E-state index in [9.17, 15) is 0 Å². The largest absolute Gasteiger partial charge is 0.493 e. The van der Waals surface area contributed by atoms with Crippen molar-refractivity contribution in [3.05, 3.63) is 29.7 Å². The molecule has 0 bridgehead atoms. The van der Waals surface area contributed by atoms with Gasteiger partial charge in [0, 0.05) is 25.1 Å². The minimum Gasteiger partial charge on any atom is -0.493 e. The highest BCUT2D eigenvalue weighted by atomic mass is 35.5. The fraction of sp³-hybridized carbons (Fsp3) is 0.429. The van der Waals surface area contributed by atoms with Gasteiger partial charge in [0.2, 0.25) is 5.82 Å². The first-order valence-electron chi connectivity index (χ1n) is 6.79. The maximum Gasteiger partial charge on any atom is 0.252 e. The van der Waals surface area contributed by atoms with Gasteiger partial charge in [-0.15, -0.1) is 12.4 Å². The van der Waals surface area contributed by atoms with E-state index in [1.54, 1.807) is 0 Å². The Morgan fingerprint density at radius 3 is 3.05 bits per heavy atom. The van der Waals surface area contributed by atoms with E-state index >= 15 is 0 Å². The summed E-state index contributed by atoms with van der Waals surface area (Å²) in [5.74, 6) is 2.08. The maximum atomic E-state index is 5.61. The van der Waals surface area contributed by atoms with Gasteiger partial charge in [-0.05, 0) is 23.8 Å². The highest BCUT2D eigenvalue weighted by molar-refractivity contribution is 5.85. The van der Waals surface area contributed by atoms with E-state index in [0.717, 1.165) is 37.4 Å². The second-order valence-electron chi connectivity index (χ2n) is 5.02. The molecule has 0 amide bonds. The Bertz CT molecular complexity index is 628. The smallest absolute Gasteiger partial charge is 0.252 e. The molecule has 1 aromatic carbocycles. The third kappa shape index (κ3) is 2.88. The highest BCUT2D eigenvalue weighted by Crippen LogP contribution is 2.29. The molecular formula is C14H16ClN3O3. The Labute approximate surface area is 128 Å². The average molecular weight is 310 g/mol. The number of aromatic nitrogens is 2. The molecule has 0 aliphatic carbocycles. The van der Waals surface area contributed by atoms with Gasteiger partial charge in [0.1, 0.15) is 12.4 Å². The molecule has 112 valence electrons. The summed E-state index contributed by atoms with van der Waals surface area (Å²) in [4.78, 5) is 4.37. The fourth-order valence-electron chi connectivity index (χ4n) is 2.33. The molecule has 1 N–H and O–H groups in total. The van der Waals surface area contributed by atoms with Crippen LogP contribution in [-0.2, 0) is 17.8 Å². The van der Waals surface area contributed by atoms with Gasteiger partial charge < -0.3 is 19.3 Å². The number of nitrogens with one attached hydrogen (secondary N) is 1. The first-order valence-corrected chi connectivity index (χ1v) is 6.79. The van der Waals surface area contributed by atoms with Crippen LogP contribution in [0.2, 0.25) is 0 Å². The summed E-state index contributed by atoms with van der Waals surface area (Å²) in [6, 6.07) is 5.98. The monoisotopic (exact) mass is 309 g/mol. The normalized spacial score (nSPS) is 16.8. The second kappa shape index (κ2) is 6.01. The first-order chi connectivity index (χ1) is 9.88. The predicted molar refractivity (Wildman–Crippen MR) is 77.6 cm³/mol. The van der Waals surface area contributed by atoms with Crippen molar-refractivity contribution < 1.29 is 14.0 Å². The van der Waals surface area contributed by atoms with Crippen molar-refractivity contribution in [1.82, 2.24) is 15.5 Å². The number of benzene rings is 1. The summed E-state index contributed by atoms with van der Waals surface area (Å²) in [5.41, 5.74) is 2.15. The Hall–Kier alpha value is -1.63. The zero-order chi connectivity index (χ0) is 13.4. The van der Waals surface area contributed by atoms with E-state index in [2.05, 4.69) is 21.5 Å². The van der Waals surface area contributed by atoms with E-state index in [-0.39, 0.29) is 18.5 Å². The van der Waals surface area contributed by atoms with Crippen LogP contribution in [0, 0.1) is 0 Å². The van der Waals surface area contributed by atoms with Gasteiger partial charge in [-0.1, -0.05) is 5.16 Å². The molecule has 1 fully saturated rings. The summed E-state index contributed by atoms with van der Waals surface area (Å²) in [7, 11) is 0. The van der Waals surface area contributed by atoms with E-state index in [0.29, 0.717) is 18.3 Å². The van der Waals surface area contributed by atoms with Crippen LogP contribution in [0.25, 0.3) is 11.4 Å². The molecule has 2 aliphatic rings. The van der Waals surface area contributed by atoms with Gasteiger partial charge in [0.25, 0.3) is 5.89 Å². The molecule has 0 radical (unpaired) electrons. The number of fused-ring (bicyclic) bond motifs is 1. The Morgan fingerprint density at radius 1 is 1.33 bits per heavy atom. The molecule has 4 rings (SSSR count). The number of hydrogen-bond acceptors (Lipinski definition) is 6. The molecule has 1 saturated heterocycles. The minimum atomic E-state index is 0. The third-order valence-electron chi connectivity index (χ3n) is 3.60. The van der Waals surface area contributed by atoms with Crippen molar-refractivity contribution in [2.24, 2.45) is 0 Å².